The second-order valence-corrected chi connectivity index (χ2v) is 9.98. The van der Waals surface area contributed by atoms with Crippen molar-refractivity contribution in [3.05, 3.63) is 65.2 Å². The molecule has 4 rings (SSSR count). The van der Waals surface area contributed by atoms with Crippen LogP contribution in [0.2, 0.25) is 0 Å². The Morgan fingerprint density at radius 2 is 1.57 bits per heavy atom. The highest BCUT2D eigenvalue weighted by atomic mass is 32.2. The van der Waals surface area contributed by atoms with Gasteiger partial charge in [-0.15, -0.1) is 0 Å². The van der Waals surface area contributed by atoms with Crippen LogP contribution in [0.4, 0.5) is 5.69 Å². The molecule has 1 N–H and O–H groups in total. The van der Waals surface area contributed by atoms with Crippen molar-refractivity contribution in [2.75, 3.05) is 18.4 Å². The zero-order valence-electron chi connectivity index (χ0n) is 17.1. The van der Waals surface area contributed by atoms with Gasteiger partial charge in [0.25, 0.3) is 0 Å². The molecule has 1 saturated heterocycles. The van der Waals surface area contributed by atoms with Gasteiger partial charge in [-0.25, -0.2) is 8.42 Å². The van der Waals surface area contributed by atoms with Crippen LogP contribution in [0.5, 0.6) is 0 Å². The number of amides is 1. The summed E-state index contributed by atoms with van der Waals surface area (Å²) in [6, 6.07) is 12.8. The van der Waals surface area contributed by atoms with Gasteiger partial charge in [-0.3, -0.25) is 4.79 Å². The molecule has 2 aromatic carbocycles. The van der Waals surface area contributed by atoms with E-state index in [0.717, 1.165) is 49.8 Å². The number of hydrogen-bond donors (Lipinski definition) is 1. The molecule has 0 saturated carbocycles. The number of aryl methyl sites for hydroxylation is 2. The number of nitrogens with one attached hydrogen (secondary N) is 1. The van der Waals surface area contributed by atoms with E-state index >= 15 is 0 Å². The van der Waals surface area contributed by atoms with Crippen LogP contribution < -0.4 is 5.32 Å². The summed E-state index contributed by atoms with van der Waals surface area (Å²) in [7, 11) is -3.45. The lowest BCUT2D eigenvalue weighted by atomic mass is 10.1. The number of rotatable bonds is 5. The molecule has 0 aromatic heterocycles. The van der Waals surface area contributed by atoms with E-state index in [1.165, 1.54) is 23.6 Å². The number of benzene rings is 2. The first-order chi connectivity index (χ1) is 14.5. The van der Waals surface area contributed by atoms with Gasteiger partial charge in [-0.2, -0.15) is 4.31 Å². The zero-order chi connectivity index (χ0) is 21.0. The topological polar surface area (TPSA) is 66.5 Å². The quantitative estimate of drug-likeness (QED) is 0.724. The van der Waals surface area contributed by atoms with E-state index in [-0.39, 0.29) is 5.91 Å². The highest BCUT2D eigenvalue weighted by Crippen LogP contribution is 2.25. The lowest BCUT2D eigenvalue weighted by molar-refractivity contribution is -0.111. The summed E-state index contributed by atoms with van der Waals surface area (Å²) < 4.78 is 27.3. The summed E-state index contributed by atoms with van der Waals surface area (Å²) >= 11 is 0. The van der Waals surface area contributed by atoms with E-state index in [1.54, 1.807) is 34.6 Å². The summed E-state index contributed by atoms with van der Waals surface area (Å²) in [5, 5.41) is 2.90. The van der Waals surface area contributed by atoms with E-state index < -0.39 is 10.0 Å². The standard InChI is InChI=1S/C24H28N2O3S/c27-24(25-22-12-11-20-6-5-7-21(20)18-22)15-10-19-8-13-23(14-9-19)30(28,29)26-16-3-1-2-4-17-26/h8-15,18H,1-7,16-17H2,(H,25,27). The maximum absolute atomic E-state index is 12.8. The summed E-state index contributed by atoms with van der Waals surface area (Å²) in [5.74, 6) is -0.200. The lowest BCUT2D eigenvalue weighted by Gasteiger charge is -2.19. The SMILES string of the molecule is O=C(C=Cc1ccc(S(=O)(=O)N2CCCCCC2)cc1)Nc1ccc2c(c1)CCC2. The molecular formula is C24H28N2O3S. The van der Waals surface area contributed by atoms with Gasteiger partial charge in [0.15, 0.2) is 0 Å². The fourth-order valence-electron chi connectivity index (χ4n) is 4.19. The molecule has 0 radical (unpaired) electrons. The third-order valence-corrected chi connectivity index (χ3v) is 7.79. The Morgan fingerprint density at radius 1 is 0.867 bits per heavy atom. The summed E-state index contributed by atoms with van der Waals surface area (Å²) in [6.45, 7) is 1.18. The van der Waals surface area contributed by atoms with Crippen LogP contribution in [0.25, 0.3) is 6.08 Å². The van der Waals surface area contributed by atoms with Crippen LogP contribution in [0, 0.1) is 0 Å². The van der Waals surface area contributed by atoms with Crippen LogP contribution in [-0.4, -0.2) is 31.7 Å². The lowest BCUT2D eigenvalue weighted by Crippen LogP contribution is -2.31. The minimum Gasteiger partial charge on any atom is -0.323 e. The van der Waals surface area contributed by atoms with Crippen molar-refractivity contribution in [1.29, 1.82) is 0 Å². The zero-order valence-corrected chi connectivity index (χ0v) is 18.0. The van der Waals surface area contributed by atoms with Crippen molar-refractivity contribution >= 4 is 27.7 Å². The fourth-order valence-corrected chi connectivity index (χ4v) is 5.70. The Kier molecular flexibility index (Phi) is 6.35. The normalized spacial score (nSPS) is 17.6. The molecule has 0 atom stereocenters. The predicted octanol–water partition coefficient (Wildman–Crippen LogP) is 4.39. The molecule has 0 spiro atoms. The van der Waals surface area contributed by atoms with Crippen molar-refractivity contribution in [3.63, 3.8) is 0 Å². The first-order valence-corrected chi connectivity index (χ1v) is 12.2. The summed E-state index contributed by atoms with van der Waals surface area (Å²) in [4.78, 5) is 12.6. The van der Waals surface area contributed by atoms with Gasteiger partial charge in [0.1, 0.15) is 0 Å². The molecule has 0 unspecified atom stereocenters. The molecule has 2 aliphatic rings. The van der Waals surface area contributed by atoms with Gasteiger partial charge in [-0.1, -0.05) is 31.0 Å². The molecule has 1 aliphatic carbocycles. The first-order valence-electron chi connectivity index (χ1n) is 10.7. The summed E-state index contributed by atoms with van der Waals surface area (Å²) in [5.41, 5.74) is 4.29. The Morgan fingerprint density at radius 3 is 2.30 bits per heavy atom. The highest BCUT2D eigenvalue weighted by molar-refractivity contribution is 7.89. The van der Waals surface area contributed by atoms with E-state index in [9.17, 15) is 13.2 Å². The predicted molar refractivity (Wildman–Crippen MR) is 120 cm³/mol. The number of sulfonamides is 1. The maximum atomic E-state index is 12.8. The maximum Gasteiger partial charge on any atom is 0.248 e. The Bertz CT molecular complexity index is 1030. The van der Waals surface area contributed by atoms with E-state index in [4.69, 9.17) is 0 Å². The van der Waals surface area contributed by atoms with Gasteiger partial charge in [0.2, 0.25) is 15.9 Å². The monoisotopic (exact) mass is 424 g/mol. The van der Waals surface area contributed by atoms with Crippen LogP contribution in [0.15, 0.2) is 53.4 Å². The molecule has 6 heteroatoms. The second kappa shape index (κ2) is 9.14. The van der Waals surface area contributed by atoms with E-state index in [2.05, 4.69) is 17.4 Å². The van der Waals surface area contributed by atoms with Crippen LogP contribution >= 0.6 is 0 Å². The number of hydrogen-bond acceptors (Lipinski definition) is 3. The van der Waals surface area contributed by atoms with Gasteiger partial charge in [0.05, 0.1) is 4.90 Å². The highest BCUT2D eigenvalue weighted by Gasteiger charge is 2.24. The fraction of sp³-hybridized carbons (Fsp3) is 0.375. The second-order valence-electron chi connectivity index (χ2n) is 8.05. The number of anilines is 1. The minimum atomic E-state index is -3.45. The van der Waals surface area contributed by atoms with Gasteiger partial charge < -0.3 is 5.32 Å². The minimum absolute atomic E-state index is 0.200. The average molecular weight is 425 g/mol. The number of nitrogens with zero attached hydrogens (tertiary/aromatic N) is 1. The number of fused-ring (bicyclic) bond motifs is 1. The van der Waals surface area contributed by atoms with Crippen LogP contribution in [0.1, 0.15) is 48.8 Å². The molecule has 30 heavy (non-hydrogen) atoms. The molecule has 5 nitrogen and oxygen atoms in total. The third kappa shape index (κ3) is 4.82. The Labute approximate surface area is 178 Å². The molecule has 1 fully saturated rings. The van der Waals surface area contributed by atoms with Gasteiger partial charge in [-0.05, 0) is 79.1 Å². The number of carbonyl (C=O) groups is 1. The largest absolute Gasteiger partial charge is 0.323 e. The molecule has 1 heterocycles. The van der Waals surface area contributed by atoms with Crippen LogP contribution in [0.3, 0.4) is 0 Å². The Hall–Kier alpha value is -2.44. The molecular weight excluding hydrogens is 396 g/mol. The molecule has 2 aromatic rings. The van der Waals surface area contributed by atoms with Gasteiger partial charge in [0, 0.05) is 24.9 Å². The van der Waals surface area contributed by atoms with Crippen LogP contribution in [-0.2, 0) is 27.7 Å². The van der Waals surface area contributed by atoms with Crippen molar-refractivity contribution < 1.29 is 13.2 Å². The average Bonchev–Trinajstić information content (AvgIpc) is 3.03. The molecule has 158 valence electrons. The van der Waals surface area contributed by atoms with Gasteiger partial charge >= 0.3 is 0 Å². The first kappa shape index (κ1) is 20.8. The van der Waals surface area contributed by atoms with Crippen molar-refractivity contribution in [3.8, 4) is 0 Å². The van der Waals surface area contributed by atoms with E-state index in [0.29, 0.717) is 18.0 Å². The van der Waals surface area contributed by atoms with E-state index in [1.807, 2.05) is 6.07 Å². The Balaban J connectivity index is 1.39. The molecule has 1 aliphatic heterocycles. The van der Waals surface area contributed by atoms with Crippen molar-refractivity contribution in [2.24, 2.45) is 0 Å². The van der Waals surface area contributed by atoms with Crippen molar-refractivity contribution in [2.45, 2.75) is 49.8 Å². The summed E-state index contributed by atoms with van der Waals surface area (Å²) in [6.07, 6.45) is 10.5. The molecule has 0 bridgehead atoms. The molecule has 1 amide bonds. The smallest absolute Gasteiger partial charge is 0.248 e. The van der Waals surface area contributed by atoms with Crippen molar-refractivity contribution in [1.82, 2.24) is 4.31 Å². The third-order valence-electron chi connectivity index (χ3n) is 5.88. The number of carbonyl (C=O) groups excluding carboxylic acids is 1.